The molecule has 192 valence electrons. The average molecular weight is 610 g/mol. The summed E-state index contributed by atoms with van der Waals surface area (Å²) in [5, 5.41) is 9.58. The SMILES string of the molecule is C[C@@H]1C[C@H](CC(=O)N(CCO)Cc2ccccc2)O[C@@]12C(=O)N(Cc1ccccc1)c1ccc(I)cc12. The number of fused-ring (bicyclic) bond motifs is 2. The summed E-state index contributed by atoms with van der Waals surface area (Å²) < 4.78 is 7.67. The molecule has 2 heterocycles. The van der Waals surface area contributed by atoms with Gasteiger partial charge in [-0.25, -0.2) is 0 Å². The van der Waals surface area contributed by atoms with E-state index < -0.39 is 5.60 Å². The molecule has 2 aliphatic rings. The van der Waals surface area contributed by atoms with Crippen molar-refractivity contribution in [3.05, 3.63) is 99.1 Å². The zero-order valence-corrected chi connectivity index (χ0v) is 23.0. The molecule has 1 spiro atoms. The quantitative estimate of drug-likeness (QED) is 0.370. The second-order valence-corrected chi connectivity index (χ2v) is 11.1. The Morgan fingerprint density at radius 3 is 2.43 bits per heavy atom. The summed E-state index contributed by atoms with van der Waals surface area (Å²) in [7, 11) is 0. The Labute approximate surface area is 231 Å². The molecular formula is C30H31IN2O4. The van der Waals surface area contributed by atoms with Crippen molar-refractivity contribution >= 4 is 40.1 Å². The Kier molecular flexibility index (Phi) is 7.65. The largest absolute Gasteiger partial charge is 0.395 e. The van der Waals surface area contributed by atoms with Crippen LogP contribution in [0.3, 0.4) is 0 Å². The molecule has 0 saturated carbocycles. The lowest BCUT2D eigenvalue weighted by atomic mass is 9.83. The minimum Gasteiger partial charge on any atom is -0.395 e. The Hall–Kier alpha value is -2.75. The molecule has 3 aromatic carbocycles. The molecule has 1 N–H and O–H groups in total. The minimum absolute atomic E-state index is 0.0627. The molecule has 6 nitrogen and oxygen atoms in total. The van der Waals surface area contributed by atoms with Gasteiger partial charge in [0, 0.05) is 28.1 Å². The second kappa shape index (κ2) is 10.9. The monoisotopic (exact) mass is 610 g/mol. The van der Waals surface area contributed by atoms with Gasteiger partial charge in [0.1, 0.15) is 0 Å². The maximum atomic E-state index is 14.1. The fourth-order valence-corrected chi connectivity index (χ4v) is 6.12. The third kappa shape index (κ3) is 5.04. The van der Waals surface area contributed by atoms with Crippen molar-refractivity contribution in [1.82, 2.24) is 4.90 Å². The summed E-state index contributed by atoms with van der Waals surface area (Å²) in [4.78, 5) is 30.9. The van der Waals surface area contributed by atoms with Gasteiger partial charge in [0.15, 0.2) is 5.60 Å². The van der Waals surface area contributed by atoms with Crippen molar-refractivity contribution < 1.29 is 19.4 Å². The van der Waals surface area contributed by atoms with Crippen LogP contribution in [0, 0.1) is 9.49 Å². The van der Waals surface area contributed by atoms with Gasteiger partial charge in [-0.3, -0.25) is 9.59 Å². The van der Waals surface area contributed by atoms with E-state index in [1.807, 2.05) is 90.7 Å². The molecule has 2 aliphatic heterocycles. The van der Waals surface area contributed by atoms with E-state index in [1.54, 1.807) is 4.90 Å². The zero-order chi connectivity index (χ0) is 26.0. The van der Waals surface area contributed by atoms with Crippen LogP contribution < -0.4 is 4.90 Å². The highest BCUT2D eigenvalue weighted by atomic mass is 127. The van der Waals surface area contributed by atoms with Crippen molar-refractivity contribution in [3.63, 3.8) is 0 Å². The normalized spacial score (nSPS) is 22.5. The molecule has 0 bridgehead atoms. The second-order valence-electron chi connectivity index (χ2n) is 9.88. The van der Waals surface area contributed by atoms with Crippen molar-refractivity contribution in [2.75, 3.05) is 18.1 Å². The first-order valence-electron chi connectivity index (χ1n) is 12.7. The summed E-state index contributed by atoms with van der Waals surface area (Å²) >= 11 is 2.27. The Morgan fingerprint density at radius 2 is 1.76 bits per heavy atom. The fraction of sp³-hybridized carbons (Fsp3) is 0.333. The van der Waals surface area contributed by atoms with Gasteiger partial charge >= 0.3 is 0 Å². The number of benzene rings is 3. The third-order valence-electron chi connectivity index (χ3n) is 7.40. The molecule has 0 unspecified atom stereocenters. The van der Waals surface area contributed by atoms with E-state index in [0.29, 0.717) is 19.5 Å². The molecular weight excluding hydrogens is 579 g/mol. The van der Waals surface area contributed by atoms with Crippen LogP contribution in [0.4, 0.5) is 5.69 Å². The topological polar surface area (TPSA) is 70.1 Å². The predicted octanol–water partition coefficient (Wildman–Crippen LogP) is 4.87. The molecule has 1 saturated heterocycles. The number of hydrogen-bond donors (Lipinski definition) is 1. The maximum Gasteiger partial charge on any atom is 0.264 e. The van der Waals surface area contributed by atoms with Gasteiger partial charge in [-0.15, -0.1) is 0 Å². The lowest BCUT2D eigenvalue weighted by Crippen LogP contribution is -2.44. The zero-order valence-electron chi connectivity index (χ0n) is 20.8. The molecule has 1 fully saturated rings. The Balaban J connectivity index is 1.39. The van der Waals surface area contributed by atoms with Crippen LogP contribution in [0.1, 0.15) is 36.5 Å². The Bertz CT molecular complexity index is 1270. The smallest absolute Gasteiger partial charge is 0.264 e. The van der Waals surface area contributed by atoms with Gasteiger partial charge in [0.2, 0.25) is 5.91 Å². The molecule has 0 aliphatic carbocycles. The van der Waals surface area contributed by atoms with Crippen LogP contribution in [0.2, 0.25) is 0 Å². The number of rotatable bonds is 8. The van der Waals surface area contributed by atoms with Crippen LogP contribution in [0.5, 0.6) is 0 Å². The molecule has 5 rings (SSSR count). The number of amides is 2. The van der Waals surface area contributed by atoms with Crippen molar-refractivity contribution in [1.29, 1.82) is 0 Å². The summed E-state index contributed by atoms with van der Waals surface area (Å²) in [5.41, 5.74) is 2.72. The molecule has 7 heteroatoms. The minimum atomic E-state index is -1.10. The lowest BCUT2D eigenvalue weighted by Gasteiger charge is -2.29. The van der Waals surface area contributed by atoms with Crippen LogP contribution >= 0.6 is 22.6 Å². The van der Waals surface area contributed by atoms with Gasteiger partial charge in [-0.2, -0.15) is 0 Å². The number of aliphatic hydroxyl groups excluding tert-OH is 1. The molecule has 3 aromatic rings. The summed E-state index contributed by atoms with van der Waals surface area (Å²) in [6.07, 6.45) is 0.398. The number of aliphatic hydroxyl groups is 1. The number of carbonyl (C=O) groups is 2. The highest BCUT2D eigenvalue weighted by molar-refractivity contribution is 14.1. The summed E-state index contributed by atoms with van der Waals surface area (Å²) in [6, 6.07) is 25.8. The van der Waals surface area contributed by atoms with E-state index in [2.05, 4.69) is 22.6 Å². The van der Waals surface area contributed by atoms with Gasteiger partial charge in [0.05, 0.1) is 31.4 Å². The van der Waals surface area contributed by atoms with E-state index in [4.69, 9.17) is 4.74 Å². The van der Waals surface area contributed by atoms with Crippen molar-refractivity contribution in [2.24, 2.45) is 5.92 Å². The first-order valence-corrected chi connectivity index (χ1v) is 13.8. The first-order chi connectivity index (χ1) is 17.9. The number of carbonyl (C=O) groups excluding carboxylic acids is 2. The van der Waals surface area contributed by atoms with Gasteiger partial charge < -0.3 is 19.6 Å². The number of hydrogen-bond acceptors (Lipinski definition) is 4. The van der Waals surface area contributed by atoms with Gasteiger partial charge in [-0.05, 0) is 58.3 Å². The molecule has 37 heavy (non-hydrogen) atoms. The van der Waals surface area contributed by atoms with Crippen molar-refractivity contribution in [2.45, 2.75) is 44.6 Å². The summed E-state index contributed by atoms with van der Waals surface area (Å²) in [6.45, 7) is 3.09. The van der Waals surface area contributed by atoms with E-state index in [9.17, 15) is 14.7 Å². The number of nitrogens with zero attached hydrogens (tertiary/aromatic N) is 2. The third-order valence-corrected chi connectivity index (χ3v) is 8.07. The van der Waals surface area contributed by atoms with Crippen LogP contribution in [-0.2, 0) is 33.0 Å². The van der Waals surface area contributed by atoms with E-state index >= 15 is 0 Å². The van der Waals surface area contributed by atoms with Crippen LogP contribution in [0.25, 0.3) is 0 Å². The predicted molar refractivity (Wildman–Crippen MR) is 151 cm³/mol. The molecule has 3 atom stereocenters. The first kappa shape index (κ1) is 25.9. The van der Waals surface area contributed by atoms with Gasteiger partial charge in [0.25, 0.3) is 5.91 Å². The van der Waals surface area contributed by atoms with Crippen molar-refractivity contribution in [3.8, 4) is 0 Å². The molecule has 2 amide bonds. The highest BCUT2D eigenvalue weighted by Gasteiger charge is 2.60. The summed E-state index contributed by atoms with van der Waals surface area (Å²) in [5.74, 6) is -0.232. The Morgan fingerprint density at radius 1 is 1.08 bits per heavy atom. The van der Waals surface area contributed by atoms with Gasteiger partial charge in [-0.1, -0.05) is 67.6 Å². The number of halogens is 1. The fourth-order valence-electron chi connectivity index (χ4n) is 5.63. The van der Waals surface area contributed by atoms with E-state index in [-0.39, 0.29) is 43.4 Å². The molecule has 0 aromatic heterocycles. The van der Waals surface area contributed by atoms with Crippen LogP contribution in [0.15, 0.2) is 78.9 Å². The van der Waals surface area contributed by atoms with E-state index in [0.717, 1.165) is 25.9 Å². The van der Waals surface area contributed by atoms with Crippen LogP contribution in [-0.4, -0.2) is 41.1 Å². The molecule has 0 radical (unpaired) electrons. The highest BCUT2D eigenvalue weighted by Crippen LogP contribution is 2.54. The average Bonchev–Trinajstić information content (AvgIpc) is 3.34. The number of ether oxygens (including phenoxy) is 1. The number of anilines is 1. The van der Waals surface area contributed by atoms with E-state index in [1.165, 1.54) is 0 Å². The lowest BCUT2D eigenvalue weighted by molar-refractivity contribution is -0.150. The maximum absolute atomic E-state index is 14.1. The standard InChI is InChI=1S/C30H31IN2O4/c1-21-16-25(18-28(35)32(14-15-34)19-22-8-4-2-5-9-22)37-30(21)26-17-24(31)12-13-27(26)33(29(30)36)20-23-10-6-3-7-11-23/h2-13,17,21,25,34H,14-16,18-20H2,1H3/t21-,25-,30+/m1/s1.